The van der Waals surface area contributed by atoms with Crippen molar-refractivity contribution in [2.24, 2.45) is 0 Å². The van der Waals surface area contributed by atoms with Gasteiger partial charge in [0.15, 0.2) is 0 Å². The summed E-state index contributed by atoms with van der Waals surface area (Å²) in [6.45, 7) is 2.86. The van der Waals surface area contributed by atoms with Gasteiger partial charge >= 0.3 is 0 Å². The van der Waals surface area contributed by atoms with E-state index < -0.39 is 0 Å². The second kappa shape index (κ2) is 9.66. The van der Waals surface area contributed by atoms with Crippen LogP contribution in [0.15, 0.2) is 12.2 Å². The normalized spacial score (nSPS) is 11.1. The first-order valence-electron chi connectivity index (χ1n) is 4.43. The Morgan fingerprint density at radius 2 is 2.00 bits per heavy atom. The molecule has 2 heteroatoms. The minimum atomic E-state index is 0.720. The van der Waals surface area contributed by atoms with Crippen LogP contribution in [-0.4, -0.2) is 11.8 Å². The molecule has 0 saturated carbocycles. The third-order valence-electron chi connectivity index (χ3n) is 1.56. The third kappa shape index (κ3) is 9.66. The van der Waals surface area contributed by atoms with Gasteiger partial charge in [0.2, 0.25) is 0 Å². The molecule has 0 saturated heterocycles. The molecule has 0 amide bonds. The van der Waals surface area contributed by atoms with Gasteiger partial charge in [-0.1, -0.05) is 25.5 Å². The van der Waals surface area contributed by atoms with Gasteiger partial charge in [-0.05, 0) is 25.7 Å². The predicted octanol–water partition coefficient (Wildman–Crippen LogP) is 2.49. The first kappa shape index (κ1) is 10.7. The fourth-order valence-electron chi connectivity index (χ4n) is 0.928. The van der Waals surface area contributed by atoms with Gasteiger partial charge in [-0.25, -0.2) is 5.48 Å². The minimum absolute atomic E-state index is 0.720. The Morgan fingerprint density at radius 1 is 1.18 bits per heavy atom. The molecule has 2 nitrogen and oxygen atoms in total. The molecule has 11 heavy (non-hydrogen) atoms. The number of hydrogen-bond donors (Lipinski definition) is 2. The van der Waals surface area contributed by atoms with Crippen molar-refractivity contribution in [2.75, 3.05) is 6.54 Å². The van der Waals surface area contributed by atoms with Gasteiger partial charge in [0, 0.05) is 6.54 Å². The zero-order valence-electron chi connectivity index (χ0n) is 7.34. The van der Waals surface area contributed by atoms with Crippen LogP contribution in [0.25, 0.3) is 0 Å². The SMILES string of the molecule is CC/C=C\CCCCCNO. The molecule has 0 rings (SSSR count). The zero-order chi connectivity index (χ0) is 8.36. The fourth-order valence-corrected chi connectivity index (χ4v) is 0.928. The smallest absolute Gasteiger partial charge is 0.0207 e. The van der Waals surface area contributed by atoms with E-state index in [1.54, 1.807) is 0 Å². The molecular formula is C9H19NO. The topological polar surface area (TPSA) is 32.3 Å². The average molecular weight is 157 g/mol. The van der Waals surface area contributed by atoms with E-state index in [1.807, 2.05) is 0 Å². The van der Waals surface area contributed by atoms with Gasteiger partial charge in [0.1, 0.15) is 0 Å². The Kier molecular flexibility index (Phi) is 9.36. The first-order chi connectivity index (χ1) is 5.41. The molecule has 66 valence electrons. The Bertz CT molecular complexity index is 91.6. The van der Waals surface area contributed by atoms with Crippen molar-refractivity contribution in [3.63, 3.8) is 0 Å². The van der Waals surface area contributed by atoms with E-state index in [0.717, 1.165) is 19.4 Å². The number of hydroxylamine groups is 1. The molecular weight excluding hydrogens is 138 g/mol. The van der Waals surface area contributed by atoms with Crippen molar-refractivity contribution in [3.05, 3.63) is 12.2 Å². The minimum Gasteiger partial charge on any atom is -0.317 e. The van der Waals surface area contributed by atoms with Crippen LogP contribution in [0.5, 0.6) is 0 Å². The van der Waals surface area contributed by atoms with Gasteiger partial charge in [0.05, 0.1) is 0 Å². The highest BCUT2D eigenvalue weighted by Crippen LogP contribution is 1.99. The quantitative estimate of drug-likeness (QED) is 0.338. The summed E-state index contributed by atoms with van der Waals surface area (Å²) in [5.41, 5.74) is 2.15. The summed E-state index contributed by atoms with van der Waals surface area (Å²) in [7, 11) is 0. The van der Waals surface area contributed by atoms with Crippen LogP contribution in [0.4, 0.5) is 0 Å². The van der Waals surface area contributed by atoms with Crippen molar-refractivity contribution in [3.8, 4) is 0 Å². The predicted molar refractivity (Wildman–Crippen MR) is 47.7 cm³/mol. The van der Waals surface area contributed by atoms with Crippen LogP contribution in [0, 0.1) is 0 Å². The van der Waals surface area contributed by atoms with E-state index >= 15 is 0 Å². The van der Waals surface area contributed by atoms with Crippen LogP contribution in [-0.2, 0) is 0 Å². The summed E-state index contributed by atoms with van der Waals surface area (Å²) in [4.78, 5) is 0. The first-order valence-corrected chi connectivity index (χ1v) is 4.43. The van der Waals surface area contributed by atoms with Crippen LogP contribution >= 0.6 is 0 Å². The van der Waals surface area contributed by atoms with Crippen molar-refractivity contribution < 1.29 is 5.21 Å². The highest BCUT2D eigenvalue weighted by Gasteiger charge is 1.85. The Morgan fingerprint density at radius 3 is 2.64 bits per heavy atom. The van der Waals surface area contributed by atoms with Crippen LogP contribution in [0.1, 0.15) is 39.0 Å². The lowest BCUT2D eigenvalue weighted by Gasteiger charge is -1.96. The largest absolute Gasteiger partial charge is 0.317 e. The fraction of sp³-hybridized carbons (Fsp3) is 0.778. The maximum Gasteiger partial charge on any atom is 0.0207 e. The van der Waals surface area contributed by atoms with E-state index in [-0.39, 0.29) is 0 Å². The maximum atomic E-state index is 8.24. The standard InChI is InChI=1S/C9H19NO/c1-2-3-4-5-6-7-8-9-10-11/h3-4,10-11H,2,5-9H2,1H3/b4-3-. The Balaban J connectivity index is 2.85. The molecule has 0 radical (unpaired) electrons. The summed E-state index contributed by atoms with van der Waals surface area (Å²) >= 11 is 0. The number of nitrogens with one attached hydrogen (secondary N) is 1. The molecule has 0 atom stereocenters. The average Bonchev–Trinajstić information content (AvgIpc) is 2.03. The summed E-state index contributed by atoms with van der Waals surface area (Å²) in [6, 6.07) is 0. The summed E-state index contributed by atoms with van der Waals surface area (Å²) in [6.07, 6.45) is 10.2. The maximum absolute atomic E-state index is 8.24. The van der Waals surface area contributed by atoms with Crippen molar-refractivity contribution in [1.82, 2.24) is 5.48 Å². The molecule has 0 aromatic rings. The van der Waals surface area contributed by atoms with Gasteiger partial charge in [-0.15, -0.1) is 0 Å². The van der Waals surface area contributed by atoms with Crippen LogP contribution < -0.4 is 5.48 Å². The van der Waals surface area contributed by atoms with Gasteiger partial charge in [-0.3, -0.25) is 0 Å². The molecule has 0 bridgehead atoms. The highest BCUT2D eigenvalue weighted by atomic mass is 16.5. The van der Waals surface area contributed by atoms with Crippen molar-refractivity contribution in [1.29, 1.82) is 0 Å². The molecule has 0 aliphatic carbocycles. The number of allylic oxidation sites excluding steroid dienone is 2. The molecule has 2 N–H and O–H groups in total. The lowest BCUT2D eigenvalue weighted by Crippen LogP contribution is -2.07. The second-order valence-corrected chi connectivity index (χ2v) is 2.64. The molecule has 0 unspecified atom stereocenters. The van der Waals surface area contributed by atoms with Gasteiger partial charge in [-0.2, -0.15) is 0 Å². The lowest BCUT2D eigenvalue weighted by atomic mass is 10.2. The monoisotopic (exact) mass is 157 g/mol. The molecule has 0 aromatic carbocycles. The van der Waals surface area contributed by atoms with E-state index in [4.69, 9.17) is 5.21 Å². The summed E-state index contributed by atoms with van der Waals surface area (Å²) in [5.74, 6) is 0. The Labute approximate surface area is 69.3 Å². The van der Waals surface area contributed by atoms with E-state index in [9.17, 15) is 0 Å². The van der Waals surface area contributed by atoms with Crippen LogP contribution in [0.3, 0.4) is 0 Å². The Hall–Kier alpha value is -0.340. The zero-order valence-corrected chi connectivity index (χ0v) is 7.34. The highest BCUT2D eigenvalue weighted by molar-refractivity contribution is 4.79. The molecule has 0 aromatic heterocycles. The van der Waals surface area contributed by atoms with Crippen LogP contribution in [0.2, 0.25) is 0 Å². The summed E-state index contributed by atoms with van der Waals surface area (Å²) < 4.78 is 0. The van der Waals surface area contributed by atoms with E-state index in [2.05, 4.69) is 24.6 Å². The lowest BCUT2D eigenvalue weighted by molar-refractivity contribution is 0.164. The molecule has 0 aliphatic heterocycles. The molecule has 0 spiro atoms. The van der Waals surface area contributed by atoms with Gasteiger partial charge in [0.25, 0.3) is 0 Å². The second-order valence-electron chi connectivity index (χ2n) is 2.64. The number of rotatable bonds is 7. The summed E-state index contributed by atoms with van der Waals surface area (Å²) in [5, 5.41) is 8.24. The van der Waals surface area contributed by atoms with Crippen molar-refractivity contribution in [2.45, 2.75) is 39.0 Å². The van der Waals surface area contributed by atoms with E-state index in [0.29, 0.717) is 0 Å². The number of hydrogen-bond acceptors (Lipinski definition) is 2. The number of unbranched alkanes of at least 4 members (excludes halogenated alkanes) is 3. The third-order valence-corrected chi connectivity index (χ3v) is 1.56. The molecule has 0 fully saturated rings. The van der Waals surface area contributed by atoms with Crippen molar-refractivity contribution >= 4 is 0 Å². The van der Waals surface area contributed by atoms with E-state index in [1.165, 1.54) is 19.3 Å². The van der Waals surface area contributed by atoms with Gasteiger partial charge < -0.3 is 5.21 Å². The molecule has 0 aliphatic rings. The molecule has 0 heterocycles.